The minimum Gasteiger partial charge on any atom is -0.384 e. The van der Waals surface area contributed by atoms with Gasteiger partial charge in [0.05, 0.1) is 17.9 Å². The molecule has 146 valence electrons. The lowest BCUT2D eigenvalue weighted by molar-refractivity contribution is 0.0561. The molecule has 0 bridgehead atoms. The zero-order chi connectivity index (χ0) is 19.3. The predicted molar refractivity (Wildman–Crippen MR) is 98.9 cm³/mol. The summed E-state index contributed by atoms with van der Waals surface area (Å²) >= 11 is 0. The first-order valence-corrected chi connectivity index (χ1v) is 9.34. The number of rotatable bonds is 6. The fourth-order valence-corrected chi connectivity index (χ4v) is 3.47. The molecular formula is C19H22N6O3. The summed E-state index contributed by atoms with van der Waals surface area (Å²) < 4.78 is 12.1. The van der Waals surface area contributed by atoms with E-state index in [0.29, 0.717) is 42.5 Å². The number of ether oxygens (including phenoxy) is 1. The second kappa shape index (κ2) is 8.30. The number of nitrogens with zero attached hydrogens (tertiary/aromatic N) is 6. The summed E-state index contributed by atoms with van der Waals surface area (Å²) in [4.78, 5) is 23.7. The van der Waals surface area contributed by atoms with Crippen LogP contribution < -0.4 is 0 Å². The van der Waals surface area contributed by atoms with E-state index in [4.69, 9.17) is 9.26 Å². The maximum Gasteiger partial charge on any atom is 0.256 e. The number of benzene rings is 1. The highest BCUT2D eigenvalue weighted by atomic mass is 16.5. The molecule has 1 atom stereocenters. The Bertz CT molecular complexity index is 923. The first-order valence-electron chi connectivity index (χ1n) is 9.34. The van der Waals surface area contributed by atoms with Crippen LogP contribution in [0.3, 0.4) is 0 Å². The van der Waals surface area contributed by atoms with Gasteiger partial charge in [-0.25, -0.2) is 9.67 Å². The Morgan fingerprint density at radius 1 is 1.32 bits per heavy atom. The molecule has 4 rings (SSSR count). The van der Waals surface area contributed by atoms with Crippen LogP contribution >= 0.6 is 0 Å². The molecule has 1 aromatic carbocycles. The van der Waals surface area contributed by atoms with E-state index < -0.39 is 0 Å². The number of piperidine rings is 1. The SMILES string of the molecule is COCCc1noc(C2CCCCN2C(=O)c2ccccc2-n2cncn2)n1. The molecule has 2 aromatic heterocycles. The minimum atomic E-state index is -0.228. The fraction of sp³-hybridized carbons (Fsp3) is 0.421. The van der Waals surface area contributed by atoms with Gasteiger partial charge in [0.15, 0.2) is 5.82 Å². The number of likely N-dealkylation sites (tertiary alicyclic amines) is 1. The lowest BCUT2D eigenvalue weighted by Crippen LogP contribution is -2.39. The average molecular weight is 382 g/mol. The zero-order valence-electron chi connectivity index (χ0n) is 15.7. The molecule has 1 aliphatic heterocycles. The van der Waals surface area contributed by atoms with Gasteiger partial charge in [-0.3, -0.25) is 4.79 Å². The van der Waals surface area contributed by atoms with Crippen LogP contribution in [-0.2, 0) is 11.2 Å². The largest absolute Gasteiger partial charge is 0.384 e. The second-order valence-electron chi connectivity index (χ2n) is 6.66. The zero-order valence-corrected chi connectivity index (χ0v) is 15.7. The van der Waals surface area contributed by atoms with Gasteiger partial charge in [0.1, 0.15) is 18.7 Å². The summed E-state index contributed by atoms with van der Waals surface area (Å²) in [6.07, 6.45) is 6.36. The van der Waals surface area contributed by atoms with Crippen LogP contribution in [0.25, 0.3) is 5.69 Å². The van der Waals surface area contributed by atoms with Crippen LogP contribution in [-0.4, -0.2) is 56.0 Å². The maximum atomic E-state index is 13.4. The molecular weight excluding hydrogens is 360 g/mol. The number of amides is 1. The summed E-state index contributed by atoms with van der Waals surface area (Å²) in [7, 11) is 1.63. The maximum absolute atomic E-state index is 13.4. The van der Waals surface area contributed by atoms with Crippen molar-refractivity contribution in [3.05, 3.63) is 54.2 Å². The number of methoxy groups -OCH3 is 1. The van der Waals surface area contributed by atoms with E-state index in [1.165, 1.54) is 6.33 Å². The van der Waals surface area contributed by atoms with Crippen LogP contribution in [0.5, 0.6) is 0 Å². The summed E-state index contributed by atoms with van der Waals surface area (Å²) in [5.74, 6) is 1.00. The van der Waals surface area contributed by atoms with Gasteiger partial charge in [-0.15, -0.1) is 0 Å². The van der Waals surface area contributed by atoms with E-state index in [1.54, 1.807) is 18.1 Å². The monoisotopic (exact) mass is 382 g/mol. The van der Waals surface area contributed by atoms with Gasteiger partial charge in [0.25, 0.3) is 5.91 Å². The van der Waals surface area contributed by atoms with Crippen LogP contribution in [0.1, 0.15) is 47.4 Å². The van der Waals surface area contributed by atoms with Gasteiger partial charge >= 0.3 is 0 Å². The Morgan fingerprint density at radius 2 is 2.21 bits per heavy atom. The lowest BCUT2D eigenvalue weighted by Gasteiger charge is -2.33. The molecule has 28 heavy (non-hydrogen) atoms. The minimum absolute atomic E-state index is 0.0764. The highest BCUT2D eigenvalue weighted by Gasteiger charge is 2.33. The van der Waals surface area contributed by atoms with Gasteiger partial charge in [0.2, 0.25) is 5.89 Å². The Hall–Kier alpha value is -3.07. The van der Waals surface area contributed by atoms with Crippen molar-refractivity contribution in [2.24, 2.45) is 0 Å². The third kappa shape index (κ3) is 3.65. The van der Waals surface area contributed by atoms with Crippen LogP contribution in [0.15, 0.2) is 41.4 Å². The number of carbonyl (C=O) groups excluding carboxylic acids is 1. The lowest BCUT2D eigenvalue weighted by atomic mass is 10.00. The molecule has 0 spiro atoms. The molecule has 3 heterocycles. The molecule has 9 heteroatoms. The van der Waals surface area contributed by atoms with Crippen molar-refractivity contribution >= 4 is 5.91 Å². The van der Waals surface area contributed by atoms with E-state index in [9.17, 15) is 4.79 Å². The third-order valence-electron chi connectivity index (χ3n) is 4.86. The van der Waals surface area contributed by atoms with Gasteiger partial charge in [-0.1, -0.05) is 17.3 Å². The van der Waals surface area contributed by atoms with Gasteiger partial charge < -0.3 is 14.2 Å². The van der Waals surface area contributed by atoms with E-state index in [2.05, 4.69) is 20.2 Å². The van der Waals surface area contributed by atoms with Crippen molar-refractivity contribution in [2.75, 3.05) is 20.3 Å². The van der Waals surface area contributed by atoms with E-state index >= 15 is 0 Å². The Kier molecular flexibility index (Phi) is 5.43. The molecule has 1 aliphatic rings. The Balaban J connectivity index is 1.62. The van der Waals surface area contributed by atoms with Crippen LogP contribution in [0.4, 0.5) is 0 Å². The molecule has 0 saturated carbocycles. The molecule has 9 nitrogen and oxygen atoms in total. The molecule has 0 N–H and O–H groups in total. The van der Waals surface area contributed by atoms with Gasteiger partial charge in [-0.05, 0) is 31.4 Å². The van der Waals surface area contributed by atoms with Crippen molar-refractivity contribution in [1.29, 1.82) is 0 Å². The average Bonchev–Trinajstić information content (AvgIpc) is 3.44. The fourth-order valence-electron chi connectivity index (χ4n) is 3.47. The molecule has 0 radical (unpaired) electrons. The predicted octanol–water partition coefficient (Wildman–Crippen LogP) is 2.21. The summed E-state index contributed by atoms with van der Waals surface area (Å²) in [5, 5.41) is 8.19. The van der Waals surface area contributed by atoms with Gasteiger partial charge in [-0.2, -0.15) is 10.1 Å². The number of hydrogen-bond acceptors (Lipinski definition) is 7. The third-order valence-corrected chi connectivity index (χ3v) is 4.86. The Morgan fingerprint density at radius 3 is 3.04 bits per heavy atom. The highest BCUT2D eigenvalue weighted by molar-refractivity contribution is 5.98. The molecule has 0 aliphatic carbocycles. The molecule has 1 unspecified atom stereocenters. The van der Waals surface area contributed by atoms with E-state index in [1.807, 2.05) is 29.2 Å². The molecule has 1 fully saturated rings. The van der Waals surface area contributed by atoms with Crippen molar-refractivity contribution in [3.8, 4) is 5.69 Å². The van der Waals surface area contributed by atoms with Crippen LogP contribution in [0, 0.1) is 0 Å². The quantitative estimate of drug-likeness (QED) is 0.644. The van der Waals surface area contributed by atoms with Crippen molar-refractivity contribution in [2.45, 2.75) is 31.7 Å². The normalized spacial score (nSPS) is 17.0. The smallest absolute Gasteiger partial charge is 0.256 e. The standard InChI is InChI=1S/C19H22N6O3/c1-27-11-9-17-22-18(28-23-17)16-8-4-5-10-24(16)19(26)14-6-2-3-7-15(14)25-13-20-12-21-25/h2-3,6-7,12-13,16H,4-5,8-11H2,1H3. The first-order chi connectivity index (χ1) is 13.8. The van der Waals surface area contributed by atoms with E-state index in [-0.39, 0.29) is 11.9 Å². The molecule has 1 saturated heterocycles. The number of aromatic nitrogens is 5. The highest BCUT2D eigenvalue weighted by Crippen LogP contribution is 2.32. The molecule has 1 amide bonds. The van der Waals surface area contributed by atoms with Crippen molar-refractivity contribution in [1.82, 2.24) is 29.8 Å². The summed E-state index contributed by atoms with van der Waals surface area (Å²) in [6.45, 7) is 1.17. The van der Waals surface area contributed by atoms with Crippen molar-refractivity contribution < 1.29 is 14.1 Å². The van der Waals surface area contributed by atoms with E-state index in [0.717, 1.165) is 19.3 Å². The summed E-state index contributed by atoms with van der Waals surface area (Å²) in [5.41, 5.74) is 1.26. The Labute approximate surface area is 162 Å². The molecule has 3 aromatic rings. The first kappa shape index (κ1) is 18.3. The topological polar surface area (TPSA) is 99.2 Å². The second-order valence-corrected chi connectivity index (χ2v) is 6.66. The van der Waals surface area contributed by atoms with Gasteiger partial charge in [0, 0.05) is 20.1 Å². The number of hydrogen-bond donors (Lipinski definition) is 0. The summed E-state index contributed by atoms with van der Waals surface area (Å²) in [6, 6.07) is 7.16. The number of para-hydroxylation sites is 1. The number of carbonyl (C=O) groups is 1. The van der Waals surface area contributed by atoms with Crippen molar-refractivity contribution in [3.63, 3.8) is 0 Å². The van der Waals surface area contributed by atoms with Crippen LogP contribution in [0.2, 0.25) is 0 Å².